The summed E-state index contributed by atoms with van der Waals surface area (Å²) in [6, 6.07) is 15.7. The van der Waals surface area contributed by atoms with E-state index in [0.29, 0.717) is 17.5 Å². The maximum atomic E-state index is 11.9. The van der Waals surface area contributed by atoms with E-state index in [1.807, 2.05) is 36.2 Å². The zero-order valence-corrected chi connectivity index (χ0v) is 16.0. The predicted molar refractivity (Wildman–Crippen MR) is 105 cm³/mol. The second kappa shape index (κ2) is 8.21. The number of rotatable bonds is 6. The van der Waals surface area contributed by atoms with Gasteiger partial charge in [-0.2, -0.15) is 0 Å². The lowest BCUT2D eigenvalue weighted by atomic mass is 9.93. The van der Waals surface area contributed by atoms with Gasteiger partial charge in [-0.3, -0.25) is 14.6 Å². The molecule has 2 aromatic rings. The Morgan fingerprint density at radius 1 is 1.23 bits per heavy atom. The van der Waals surface area contributed by atoms with Crippen LogP contribution >= 0.6 is 11.6 Å². The number of aliphatic carboxylic acids is 1. The van der Waals surface area contributed by atoms with Crippen molar-refractivity contribution < 1.29 is 9.90 Å². The second-order valence-corrected chi connectivity index (χ2v) is 7.60. The summed E-state index contributed by atoms with van der Waals surface area (Å²) in [6.07, 6.45) is 1.42. The molecule has 5 heteroatoms. The van der Waals surface area contributed by atoms with Crippen LogP contribution in [0.2, 0.25) is 5.02 Å². The number of carboxylic acids is 1. The predicted octanol–water partition coefficient (Wildman–Crippen LogP) is 3.32. The average Bonchev–Trinajstić information content (AvgIpc) is 2.61. The van der Waals surface area contributed by atoms with Crippen molar-refractivity contribution in [3.05, 3.63) is 70.2 Å². The van der Waals surface area contributed by atoms with E-state index in [-0.39, 0.29) is 0 Å². The number of likely N-dealkylation sites (N-methyl/N-ethyl adjacent to an activating group) is 2. The van der Waals surface area contributed by atoms with Crippen LogP contribution in [-0.2, 0) is 24.2 Å². The topological polar surface area (TPSA) is 43.8 Å². The Morgan fingerprint density at radius 3 is 2.54 bits per heavy atom. The molecule has 26 heavy (non-hydrogen) atoms. The SMILES string of the molecule is CN1Cc2ccccc2C[C@@H]1CN(C)[C@H](Cc1ccc(Cl)cc1)C(=O)O. The van der Waals surface area contributed by atoms with Gasteiger partial charge in [-0.25, -0.2) is 0 Å². The van der Waals surface area contributed by atoms with Crippen molar-refractivity contribution in [2.45, 2.75) is 31.5 Å². The van der Waals surface area contributed by atoms with Gasteiger partial charge in [0.2, 0.25) is 0 Å². The van der Waals surface area contributed by atoms with E-state index in [9.17, 15) is 9.90 Å². The Balaban J connectivity index is 1.69. The van der Waals surface area contributed by atoms with Crippen LogP contribution in [0.15, 0.2) is 48.5 Å². The smallest absolute Gasteiger partial charge is 0.321 e. The second-order valence-electron chi connectivity index (χ2n) is 7.17. The number of carbonyl (C=O) groups is 1. The molecular formula is C21H25ClN2O2. The van der Waals surface area contributed by atoms with Gasteiger partial charge < -0.3 is 5.11 Å². The van der Waals surface area contributed by atoms with Crippen LogP contribution in [0.1, 0.15) is 16.7 Å². The fraction of sp³-hybridized carbons (Fsp3) is 0.381. The van der Waals surface area contributed by atoms with Crippen molar-refractivity contribution in [1.82, 2.24) is 9.80 Å². The molecule has 1 aliphatic heterocycles. The van der Waals surface area contributed by atoms with Crippen molar-refractivity contribution in [2.24, 2.45) is 0 Å². The number of fused-ring (bicyclic) bond motifs is 1. The summed E-state index contributed by atoms with van der Waals surface area (Å²) in [7, 11) is 4.02. The van der Waals surface area contributed by atoms with Crippen molar-refractivity contribution in [1.29, 1.82) is 0 Å². The van der Waals surface area contributed by atoms with E-state index in [0.717, 1.165) is 25.1 Å². The maximum Gasteiger partial charge on any atom is 0.321 e. The van der Waals surface area contributed by atoms with Gasteiger partial charge >= 0.3 is 5.97 Å². The minimum atomic E-state index is -0.790. The van der Waals surface area contributed by atoms with Gasteiger partial charge in [0, 0.05) is 24.2 Å². The van der Waals surface area contributed by atoms with E-state index in [1.54, 1.807) is 0 Å². The Kier molecular flexibility index (Phi) is 5.97. The first-order valence-corrected chi connectivity index (χ1v) is 9.26. The summed E-state index contributed by atoms with van der Waals surface area (Å²) < 4.78 is 0. The minimum absolute atomic E-state index is 0.307. The van der Waals surface area contributed by atoms with Crippen molar-refractivity contribution in [3.8, 4) is 0 Å². The van der Waals surface area contributed by atoms with Crippen LogP contribution in [0, 0.1) is 0 Å². The van der Waals surface area contributed by atoms with Crippen molar-refractivity contribution >= 4 is 17.6 Å². The lowest BCUT2D eigenvalue weighted by Gasteiger charge is -2.37. The molecule has 3 rings (SSSR count). The third kappa shape index (κ3) is 4.44. The Morgan fingerprint density at radius 2 is 1.88 bits per heavy atom. The van der Waals surface area contributed by atoms with Crippen molar-refractivity contribution in [3.63, 3.8) is 0 Å². The summed E-state index contributed by atoms with van der Waals surface area (Å²) in [6.45, 7) is 1.62. The van der Waals surface area contributed by atoms with Crippen LogP contribution < -0.4 is 0 Å². The fourth-order valence-corrected chi connectivity index (χ4v) is 3.78. The maximum absolute atomic E-state index is 11.9. The number of halogens is 1. The standard InChI is InChI=1S/C21H25ClN2O2/c1-23-13-17-6-4-3-5-16(17)12-19(23)14-24(2)20(21(25)26)11-15-7-9-18(22)10-8-15/h3-10,19-20H,11-14H2,1-2H3,(H,25,26)/t19-,20-/m1/s1. The van der Waals surface area contributed by atoms with E-state index in [1.165, 1.54) is 11.1 Å². The molecule has 138 valence electrons. The molecule has 1 N–H and O–H groups in total. The lowest BCUT2D eigenvalue weighted by molar-refractivity contribution is -0.143. The van der Waals surface area contributed by atoms with Crippen LogP contribution in [0.5, 0.6) is 0 Å². The van der Waals surface area contributed by atoms with E-state index < -0.39 is 12.0 Å². The van der Waals surface area contributed by atoms with Gasteiger partial charge in [0.25, 0.3) is 0 Å². The molecule has 0 saturated carbocycles. The molecule has 1 heterocycles. The summed E-state index contributed by atoms with van der Waals surface area (Å²) in [4.78, 5) is 16.1. The summed E-state index contributed by atoms with van der Waals surface area (Å²) in [5, 5.41) is 10.4. The molecule has 0 saturated heterocycles. The highest BCUT2D eigenvalue weighted by atomic mass is 35.5. The first-order valence-electron chi connectivity index (χ1n) is 8.88. The first-order chi connectivity index (χ1) is 12.4. The molecule has 0 spiro atoms. The van der Waals surface area contributed by atoms with Gasteiger partial charge in [-0.05, 0) is 55.8 Å². The highest BCUT2D eigenvalue weighted by Gasteiger charge is 2.29. The molecular weight excluding hydrogens is 348 g/mol. The monoisotopic (exact) mass is 372 g/mol. The quantitative estimate of drug-likeness (QED) is 0.844. The van der Waals surface area contributed by atoms with E-state index >= 15 is 0 Å². The molecule has 0 bridgehead atoms. The Bertz CT molecular complexity index is 763. The third-order valence-corrected chi connectivity index (χ3v) is 5.53. The van der Waals surface area contributed by atoms with Crippen LogP contribution in [0.3, 0.4) is 0 Å². The highest BCUT2D eigenvalue weighted by molar-refractivity contribution is 6.30. The summed E-state index contributed by atoms with van der Waals surface area (Å²) >= 11 is 5.93. The molecule has 2 aromatic carbocycles. The zero-order chi connectivity index (χ0) is 18.7. The number of hydrogen-bond acceptors (Lipinski definition) is 3. The van der Waals surface area contributed by atoms with Gasteiger partial charge in [0.15, 0.2) is 0 Å². The summed E-state index contributed by atoms with van der Waals surface area (Å²) in [5.74, 6) is -0.790. The van der Waals surface area contributed by atoms with Gasteiger partial charge in [-0.15, -0.1) is 0 Å². The average molecular weight is 373 g/mol. The van der Waals surface area contributed by atoms with Gasteiger partial charge in [0.05, 0.1) is 0 Å². The Labute approximate surface area is 160 Å². The number of hydrogen-bond donors (Lipinski definition) is 1. The fourth-order valence-electron chi connectivity index (χ4n) is 3.66. The minimum Gasteiger partial charge on any atom is -0.480 e. The molecule has 0 aliphatic carbocycles. The lowest BCUT2D eigenvalue weighted by Crippen LogP contribution is -2.49. The van der Waals surface area contributed by atoms with E-state index in [2.05, 4.69) is 36.2 Å². The van der Waals surface area contributed by atoms with E-state index in [4.69, 9.17) is 11.6 Å². The van der Waals surface area contributed by atoms with Crippen LogP contribution in [0.4, 0.5) is 0 Å². The summed E-state index contributed by atoms with van der Waals surface area (Å²) in [5.41, 5.74) is 3.72. The number of benzene rings is 2. The molecule has 4 nitrogen and oxygen atoms in total. The molecule has 1 aliphatic rings. The molecule has 0 radical (unpaired) electrons. The number of nitrogens with zero attached hydrogens (tertiary/aromatic N) is 2. The number of carboxylic acid groups (broad SMARTS) is 1. The first kappa shape index (κ1) is 18.9. The normalized spacial score (nSPS) is 18.5. The molecule has 0 aromatic heterocycles. The molecule has 0 amide bonds. The van der Waals surface area contributed by atoms with Crippen LogP contribution in [0.25, 0.3) is 0 Å². The molecule has 0 unspecified atom stereocenters. The van der Waals surface area contributed by atoms with Gasteiger partial charge in [-0.1, -0.05) is 48.0 Å². The largest absolute Gasteiger partial charge is 0.480 e. The molecule has 0 fully saturated rings. The highest BCUT2D eigenvalue weighted by Crippen LogP contribution is 2.23. The van der Waals surface area contributed by atoms with Crippen molar-refractivity contribution in [2.75, 3.05) is 20.6 Å². The third-order valence-electron chi connectivity index (χ3n) is 5.28. The zero-order valence-electron chi connectivity index (χ0n) is 15.2. The van der Waals surface area contributed by atoms with Gasteiger partial charge in [0.1, 0.15) is 6.04 Å². The molecule has 2 atom stereocenters. The Hall–Kier alpha value is -1.88. The van der Waals surface area contributed by atoms with Crippen LogP contribution in [-0.4, -0.2) is 53.6 Å².